The second-order valence-electron chi connectivity index (χ2n) is 17.9. The third-order valence-corrected chi connectivity index (χ3v) is 9.60. The Morgan fingerprint density at radius 3 is 1.04 bits per heavy atom. The number of aromatic nitrogens is 2. The first-order valence-corrected chi connectivity index (χ1v) is 17.7. The van der Waals surface area contributed by atoms with Crippen LogP contribution in [0.1, 0.15) is 105 Å². The Morgan fingerprint density at radius 1 is 0.440 bits per heavy atom. The van der Waals surface area contributed by atoms with Crippen LogP contribution in [0.15, 0.2) is 91.3 Å². The SMILES string of the molecule is CN(C=O)c1cc(-c2ccc(-c3cc(C(C)(C)C)cc(C(C)(C)C)c3)nc2)cc(-c2ccc(-c3cc(C(C)(C)C)cc(C(C)(C)C)c3)nc2)c1. The molecule has 260 valence electrons. The van der Waals surface area contributed by atoms with Gasteiger partial charge >= 0.3 is 0 Å². The highest BCUT2D eigenvalue weighted by Crippen LogP contribution is 2.37. The van der Waals surface area contributed by atoms with Crippen LogP contribution in [0.25, 0.3) is 44.8 Å². The van der Waals surface area contributed by atoms with Crippen molar-refractivity contribution in [1.29, 1.82) is 0 Å². The van der Waals surface area contributed by atoms with E-state index in [0.717, 1.165) is 56.9 Å². The Kier molecular flexibility index (Phi) is 9.75. The normalized spacial score (nSPS) is 12.6. The fourth-order valence-electron chi connectivity index (χ4n) is 5.96. The van der Waals surface area contributed by atoms with Crippen LogP contribution < -0.4 is 4.90 Å². The zero-order valence-corrected chi connectivity index (χ0v) is 32.5. The zero-order valence-electron chi connectivity index (χ0n) is 32.5. The van der Waals surface area contributed by atoms with Crippen molar-refractivity contribution in [1.82, 2.24) is 9.97 Å². The van der Waals surface area contributed by atoms with E-state index in [9.17, 15) is 4.79 Å². The van der Waals surface area contributed by atoms with Crippen molar-refractivity contribution in [2.45, 2.75) is 105 Å². The molecule has 2 aromatic heterocycles. The number of pyridine rings is 2. The smallest absolute Gasteiger partial charge is 0.213 e. The lowest BCUT2D eigenvalue weighted by atomic mass is 9.79. The van der Waals surface area contributed by atoms with Crippen LogP contribution in [0.2, 0.25) is 0 Å². The van der Waals surface area contributed by atoms with E-state index in [-0.39, 0.29) is 21.7 Å². The summed E-state index contributed by atoms with van der Waals surface area (Å²) in [5.74, 6) is 0. The molecule has 0 saturated heterocycles. The van der Waals surface area contributed by atoms with Crippen molar-refractivity contribution >= 4 is 12.1 Å². The lowest BCUT2D eigenvalue weighted by molar-refractivity contribution is -0.107. The van der Waals surface area contributed by atoms with Crippen LogP contribution in [0.5, 0.6) is 0 Å². The second-order valence-corrected chi connectivity index (χ2v) is 17.9. The Hall–Kier alpha value is -4.57. The number of hydrogen-bond acceptors (Lipinski definition) is 3. The molecular weight excluding hydrogens is 611 g/mol. The van der Waals surface area contributed by atoms with Gasteiger partial charge in [0.25, 0.3) is 0 Å². The maximum atomic E-state index is 11.9. The standard InChI is InChI=1S/C46H55N3O/c1-43(2,3)36-19-34(20-37(25-36)44(4,5)6)41-16-14-30(27-47-41)32-18-33(24-40(23-32)49(13)29-50)31-15-17-42(48-28-31)35-21-38(45(7,8)9)26-39(22-35)46(10,11)12/h14-29H,1-13H3. The summed E-state index contributed by atoms with van der Waals surface area (Å²) in [4.78, 5) is 23.4. The van der Waals surface area contributed by atoms with Crippen LogP contribution >= 0.6 is 0 Å². The summed E-state index contributed by atoms with van der Waals surface area (Å²) in [6.45, 7) is 27.1. The molecule has 0 saturated carbocycles. The van der Waals surface area contributed by atoms with Crippen molar-refractivity contribution in [2.75, 3.05) is 11.9 Å². The Morgan fingerprint density at radius 2 is 0.780 bits per heavy atom. The number of carbonyl (C=O) groups excluding carboxylic acids is 1. The lowest BCUT2D eigenvalue weighted by Crippen LogP contribution is -2.16. The van der Waals surface area contributed by atoms with E-state index in [1.807, 2.05) is 24.5 Å². The van der Waals surface area contributed by atoms with Gasteiger partial charge < -0.3 is 4.90 Å². The monoisotopic (exact) mass is 665 g/mol. The van der Waals surface area contributed by atoms with E-state index in [1.165, 1.54) is 22.3 Å². The topological polar surface area (TPSA) is 46.1 Å². The van der Waals surface area contributed by atoms with Gasteiger partial charge in [0, 0.05) is 47.4 Å². The summed E-state index contributed by atoms with van der Waals surface area (Å²) in [6.07, 6.45) is 4.72. The van der Waals surface area contributed by atoms with Crippen LogP contribution in [0, 0.1) is 0 Å². The average molecular weight is 666 g/mol. The van der Waals surface area contributed by atoms with Crippen molar-refractivity contribution in [3.05, 3.63) is 114 Å². The van der Waals surface area contributed by atoms with E-state index in [1.54, 1.807) is 11.9 Å². The lowest BCUT2D eigenvalue weighted by Gasteiger charge is -2.26. The van der Waals surface area contributed by atoms with Gasteiger partial charge in [-0.25, -0.2) is 0 Å². The molecule has 4 nitrogen and oxygen atoms in total. The second kappa shape index (κ2) is 13.3. The largest absolute Gasteiger partial charge is 0.318 e. The minimum absolute atomic E-state index is 0.0241. The summed E-state index contributed by atoms with van der Waals surface area (Å²) in [6, 6.07) is 28.5. The number of carbonyl (C=O) groups is 1. The van der Waals surface area contributed by atoms with E-state index >= 15 is 0 Å². The Labute approximate surface area is 301 Å². The number of nitrogens with zero attached hydrogens (tertiary/aromatic N) is 3. The van der Waals surface area contributed by atoms with Gasteiger partial charge in [-0.1, -0.05) is 107 Å². The van der Waals surface area contributed by atoms with Gasteiger partial charge in [0.1, 0.15) is 0 Å². The molecule has 2 heterocycles. The number of benzene rings is 3. The van der Waals surface area contributed by atoms with Gasteiger partial charge in [-0.2, -0.15) is 0 Å². The molecule has 0 bridgehead atoms. The summed E-state index contributed by atoms with van der Waals surface area (Å²) in [5, 5.41) is 0. The van der Waals surface area contributed by atoms with E-state index in [2.05, 4.69) is 150 Å². The quantitative estimate of drug-likeness (QED) is 0.170. The molecule has 0 unspecified atom stereocenters. The molecule has 3 aromatic carbocycles. The highest BCUT2D eigenvalue weighted by atomic mass is 16.1. The molecule has 0 fully saturated rings. The Balaban J connectivity index is 1.54. The summed E-state index contributed by atoms with van der Waals surface area (Å²) < 4.78 is 0. The van der Waals surface area contributed by atoms with Crippen LogP contribution in [-0.2, 0) is 26.5 Å². The molecule has 0 aliphatic heterocycles. The molecule has 5 rings (SSSR count). The van der Waals surface area contributed by atoms with Crippen molar-refractivity contribution in [2.24, 2.45) is 0 Å². The number of rotatable bonds is 6. The highest BCUT2D eigenvalue weighted by molar-refractivity contribution is 5.84. The number of amides is 1. The molecular formula is C46H55N3O. The van der Waals surface area contributed by atoms with Gasteiger partial charge in [0.15, 0.2) is 0 Å². The van der Waals surface area contributed by atoms with E-state index in [0.29, 0.717) is 0 Å². The minimum atomic E-state index is 0.0241. The molecule has 0 radical (unpaired) electrons. The maximum absolute atomic E-state index is 11.9. The van der Waals surface area contributed by atoms with Gasteiger partial charge in [0.05, 0.1) is 11.4 Å². The molecule has 0 aliphatic rings. The average Bonchev–Trinajstić information content (AvgIpc) is 3.06. The van der Waals surface area contributed by atoms with Crippen LogP contribution in [0.3, 0.4) is 0 Å². The predicted molar refractivity (Wildman–Crippen MR) is 213 cm³/mol. The molecule has 50 heavy (non-hydrogen) atoms. The molecule has 0 N–H and O–H groups in total. The number of hydrogen-bond donors (Lipinski definition) is 0. The van der Waals surface area contributed by atoms with Gasteiger partial charge in [0.2, 0.25) is 6.41 Å². The van der Waals surface area contributed by atoms with Crippen molar-refractivity contribution < 1.29 is 4.79 Å². The van der Waals surface area contributed by atoms with E-state index in [4.69, 9.17) is 9.97 Å². The third-order valence-electron chi connectivity index (χ3n) is 9.60. The van der Waals surface area contributed by atoms with Crippen LogP contribution in [0.4, 0.5) is 5.69 Å². The molecule has 0 atom stereocenters. The van der Waals surface area contributed by atoms with Crippen LogP contribution in [-0.4, -0.2) is 23.4 Å². The molecule has 5 aromatic rings. The molecule has 0 spiro atoms. The zero-order chi connectivity index (χ0) is 36.8. The van der Waals surface area contributed by atoms with Gasteiger partial charge in [-0.15, -0.1) is 0 Å². The van der Waals surface area contributed by atoms with Gasteiger partial charge in [-0.3, -0.25) is 14.8 Å². The first kappa shape index (κ1) is 36.7. The highest BCUT2D eigenvalue weighted by Gasteiger charge is 2.23. The molecule has 0 aliphatic carbocycles. The first-order chi connectivity index (χ1) is 23.1. The first-order valence-electron chi connectivity index (χ1n) is 17.7. The minimum Gasteiger partial charge on any atom is -0.318 e. The van der Waals surface area contributed by atoms with Crippen molar-refractivity contribution in [3.63, 3.8) is 0 Å². The van der Waals surface area contributed by atoms with E-state index < -0.39 is 0 Å². The molecule has 1 amide bonds. The summed E-state index contributed by atoms with van der Waals surface area (Å²) in [7, 11) is 1.78. The van der Waals surface area contributed by atoms with Crippen molar-refractivity contribution in [3.8, 4) is 44.8 Å². The summed E-state index contributed by atoms with van der Waals surface area (Å²) in [5.41, 5.74) is 14.2. The fourth-order valence-corrected chi connectivity index (χ4v) is 5.96. The third kappa shape index (κ3) is 8.24. The Bertz CT molecular complexity index is 1790. The predicted octanol–water partition coefficient (Wildman–Crippen LogP) is 11.9. The number of anilines is 1. The summed E-state index contributed by atoms with van der Waals surface area (Å²) >= 11 is 0. The fraction of sp³-hybridized carbons (Fsp3) is 0.370. The van der Waals surface area contributed by atoms with Gasteiger partial charge in [-0.05, 0) is 110 Å². The molecule has 4 heteroatoms. The maximum Gasteiger partial charge on any atom is 0.213 e.